The average Bonchev–Trinajstić information content (AvgIpc) is 2.55. The van der Waals surface area contributed by atoms with Crippen molar-refractivity contribution >= 4 is 9.84 Å². The molecule has 1 fully saturated rings. The molecule has 1 heterocycles. The zero-order valence-electron chi connectivity index (χ0n) is 10.3. The fraction of sp³-hybridized carbons (Fsp3) is 0.833. The summed E-state index contributed by atoms with van der Waals surface area (Å²) < 4.78 is 22.6. The molecule has 0 aromatic carbocycles. The Morgan fingerprint density at radius 3 is 2.69 bits per heavy atom. The van der Waals surface area contributed by atoms with E-state index in [0.29, 0.717) is 29.4 Å². The van der Waals surface area contributed by atoms with Gasteiger partial charge in [-0.05, 0) is 38.1 Å². The molecule has 0 radical (unpaired) electrons. The molecule has 0 bridgehead atoms. The number of allylic oxidation sites excluding steroid dienone is 1. The maximum absolute atomic E-state index is 11.3. The molecule has 1 saturated heterocycles. The van der Waals surface area contributed by atoms with Gasteiger partial charge in [0.1, 0.15) is 0 Å². The largest absolute Gasteiger partial charge is 0.314 e. The predicted octanol–water partition coefficient (Wildman–Crippen LogP) is 1.61. The van der Waals surface area contributed by atoms with E-state index in [2.05, 4.69) is 25.7 Å². The standard InChI is InChI=1S/C12H23NO2S/c1-4-5-10(2)11(3)13-8-12-6-7-16(14,15)9-12/h4,10-13H,1,5-9H2,2-3H3. The Labute approximate surface area is 99.2 Å². The van der Waals surface area contributed by atoms with Crippen molar-refractivity contribution in [2.24, 2.45) is 11.8 Å². The molecule has 1 N–H and O–H groups in total. The van der Waals surface area contributed by atoms with Gasteiger partial charge in [0, 0.05) is 6.04 Å². The lowest BCUT2D eigenvalue weighted by atomic mass is 9.99. The molecule has 3 atom stereocenters. The van der Waals surface area contributed by atoms with Gasteiger partial charge in [0.25, 0.3) is 0 Å². The third kappa shape index (κ3) is 4.26. The fourth-order valence-corrected chi connectivity index (χ4v) is 3.92. The minimum absolute atomic E-state index is 0.309. The first-order chi connectivity index (χ1) is 7.44. The first-order valence-corrected chi connectivity index (χ1v) is 7.81. The van der Waals surface area contributed by atoms with Crippen LogP contribution in [0.1, 0.15) is 26.7 Å². The van der Waals surface area contributed by atoms with Crippen LogP contribution in [0, 0.1) is 11.8 Å². The number of nitrogens with one attached hydrogen (secondary N) is 1. The first kappa shape index (κ1) is 13.7. The molecule has 0 aromatic rings. The molecule has 0 amide bonds. The van der Waals surface area contributed by atoms with Crippen LogP contribution in [0.25, 0.3) is 0 Å². The normalized spacial score (nSPS) is 27.5. The Morgan fingerprint density at radius 2 is 2.19 bits per heavy atom. The van der Waals surface area contributed by atoms with Crippen LogP contribution in [0.5, 0.6) is 0 Å². The van der Waals surface area contributed by atoms with Crippen LogP contribution in [-0.4, -0.2) is 32.5 Å². The minimum atomic E-state index is -2.73. The maximum atomic E-state index is 11.3. The van der Waals surface area contributed by atoms with E-state index in [-0.39, 0.29) is 0 Å². The quantitative estimate of drug-likeness (QED) is 0.723. The van der Waals surface area contributed by atoms with Crippen LogP contribution >= 0.6 is 0 Å². The molecule has 0 spiro atoms. The summed E-state index contributed by atoms with van der Waals surface area (Å²) in [5.41, 5.74) is 0. The summed E-state index contributed by atoms with van der Waals surface area (Å²) in [5.74, 6) is 1.59. The molecule has 0 aliphatic carbocycles. The summed E-state index contributed by atoms with van der Waals surface area (Å²) in [4.78, 5) is 0. The molecular formula is C12H23NO2S. The van der Waals surface area contributed by atoms with Gasteiger partial charge < -0.3 is 5.32 Å². The first-order valence-electron chi connectivity index (χ1n) is 5.99. The van der Waals surface area contributed by atoms with Gasteiger partial charge in [-0.1, -0.05) is 13.0 Å². The monoisotopic (exact) mass is 245 g/mol. The lowest BCUT2D eigenvalue weighted by molar-refractivity contribution is 0.376. The lowest BCUT2D eigenvalue weighted by Gasteiger charge is -2.21. The lowest BCUT2D eigenvalue weighted by Crippen LogP contribution is -2.35. The molecular weight excluding hydrogens is 222 g/mol. The molecule has 16 heavy (non-hydrogen) atoms. The summed E-state index contributed by atoms with van der Waals surface area (Å²) in [6.07, 6.45) is 3.75. The predicted molar refractivity (Wildman–Crippen MR) is 68.2 cm³/mol. The summed E-state index contributed by atoms with van der Waals surface area (Å²) in [7, 11) is -2.73. The molecule has 0 aromatic heterocycles. The van der Waals surface area contributed by atoms with Crippen LogP contribution in [0.4, 0.5) is 0 Å². The van der Waals surface area contributed by atoms with Crippen molar-refractivity contribution in [1.82, 2.24) is 5.32 Å². The Bertz CT molecular complexity index is 324. The molecule has 1 aliphatic heterocycles. The zero-order valence-corrected chi connectivity index (χ0v) is 11.1. The molecule has 3 unspecified atom stereocenters. The molecule has 94 valence electrons. The third-order valence-electron chi connectivity index (χ3n) is 3.45. The van der Waals surface area contributed by atoms with Gasteiger partial charge in [0.15, 0.2) is 9.84 Å². The molecule has 1 aliphatic rings. The fourth-order valence-electron chi connectivity index (χ4n) is 2.05. The van der Waals surface area contributed by atoms with Crippen molar-refractivity contribution in [2.45, 2.75) is 32.7 Å². The van der Waals surface area contributed by atoms with E-state index in [9.17, 15) is 8.42 Å². The van der Waals surface area contributed by atoms with Crippen LogP contribution in [0.3, 0.4) is 0 Å². The highest BCUT2D eigenvalue weighted by atomic mass is 32.2. The molecule has 3 nitrogen and oxygen atoms in total. The highest BCUT2D eigenvalue weighted by Crippen LogP contribution is 2.18. The summed E-state index contributed by atoms with van der Waals surface area (Å²) in [6, 6.07) is 0.418. The van der Waals surface area contributed by atoms with E-state index in [1.54, 1.807) is 0 Å². The zero-order chi connectivity index (χ0) is 12.2. The third-order valence-corrected chi connectivity index (χ3v) is 5.28. The number of hydrogen-bond donors (Lipinski definition) is 1. The second kappa shape index (κ2) is 5.82. The van der Waals surface area contributed by atoms with E-state index in [4.69, 9.17) is 0 Å². The Kier molecular flexibility index (Phi) is 4.99. The SMILES string of the molecule is C=CCC(C)C(C)NCC1CCS(=O)(=O)C1. The Balaban J connectivity index is 2.27. The topological polar surface area (TPSA) is 46.2 Å². The van der Waals surface area contributed by atoms with Crippen LogP contribution < -0.4 is 5.32 Å². The van der Waals surface area contributed by atoms with Gasteiger partial charge in [0.2, 0.25) is 0 Å². The van der Waals surface area contributed by atoms with E-state index < -0.39 is 9.84 Å². The second-order valence-electron chi connectivity index (χ2n) is 4.97. The Hall–Kier alpha value is -0.350. The van der Waals surface area contributed by atoms with E-state index in [1.165, 1.54) is 0 Å². The van der Waals surface area contributed by atoms with Gasteiger partial charge in [-0.15, -0.1) is 6.58 Å². The van der Waals surface area contributed by atoms with E-state index in [1.807, 2.05) is 6.08 Å². The van der Waals surface area contributed by atoms with Crippen molar-refractivity contribution in [3.8, 4) is 0 Å². The van der Waals surface area contributed by atoms with Crippen molar-refractivity contribution < 1.29 is 8.42 Å². The van der Waals surface area contributed by atoms with Crippen molar-refractivity contribution in [1.29, 1.82) is 0 Å². The summed E-state index contributed by atoms with van der Waals surface area (Å²) >= 11 is 0. The highest BCUT2D eigenvalue weighted by Gasteiger charge is 2.27. The van der Waals surface area contributed by atoms with E-state index >= 15 is 0 Å². The summed E-state index contributed by atoms with van der Waals surface area (Å²) in [6.45, 7) is 8.89. The van der Waals surface area contributed by atoms with Gasteiger partial charge in [-0.25, -0.2) is 8.42 Å². The van der Waals surface area contributed by atoms with Crippen molar-refractivity contribution in [3.05, 3.63) is 12.7 Å². The van der Waals surface area contributed by atoms with Crippen molar-refractivity contribution in [2.75, 3.05) is 18.1 Å². The maximum Gasteiger partial charge on any atom is 0.150 e. The van der Waals surface area contributed by atoms with Gasteiger partial charge in [-0.2, -0.15) is 0 Å². The molecule has 4 heteroatoms. The number of sulfone groups is 1. The van der Waals surface area contributed by atoms with Crippen LogP contribution in [0.15, 0.2) is 12.7 Å². The van der Waals surface area contributed by atoms with Gasteiger partial charge in [0.05, 0.1) is 11.5 Å². The highest BCUT2D eigenvalue weighted by molar-refractivity contribution is 7.91. The Morgan fingerprint density at radius 1 is 1.50 bits per heavy atom. The smallest absolute Gasteiger partial charge is 0.150 e. The van der Waals surface area contributed by atoms with Gasteiger partial charge in [-0.3, -0.25) is 0 Å². The van der Waals surface area contributed by atoms with E-state index in [0.717, 1.165) is 19.4 Å². The second-order valence-corrected chi connectivity index (χ2v) is 7.20. The molecule has 0 saturated carbocycles. The van der Waals surface area contributed by atoms with Crippen LogP contribution in [0.2, 0.25) is 0 Å². The van der Waals surface area contributed by atoms with Crippen molar-refractivity contribution in [3.63, 3.8) is 0 Å². The van der Waals surface area contributed by atoms with Crippen LogP contribution in [-0.2, 0) is 9.84 Å². The number of rotatable bonds is 6. The van der Waals surface area contributed by atoms with Gasteiger partial charge >= 0.3 is 0 Å². The molecule has 1 rings (SSSR count). The summed E-state index contributed by atoms with van der Waals surface area (Å²) in [5, 5.41) is 3.43. The number of hydrogen-bond acceptors (Lipinski definition) is 3. The minimum Gasteiger partial charge on any atom is -0.314 e. The average molecular weight is 245 g/mol.